The van der Waals surface area contributed by atoms with Gasteiger partial charge in [0.25, 0.3) is 5.91 Å². The number of hydrogen-bond donors (Lipinski definition) is 2. The van der Waals surface area contributed by atoms with Crippen LogP contribution >= 0.6 is 0 Å². The Kier molecular flexibility index (Phi) is 3.48. The van der Waals surface area contributed by atoms with Gasteiger partial charge in [0.2, 0.25) is 0 Å². The molecule has 0 aliphatic carbocycles. The van der Waals surface area contributed by atoms with E-state index in [1.54, 1.807) is 19.1 Å². The third kappa shape index (κ3) is 2.74. The first-order valence-electron chi connectivity index (χ1n) is 4.26. The fraction of sp³-hybridized carbons (Fsp3) is 0.300. The SMILES string of the molecule is COC(C)C(=O)Nc1cccc(O)c1. The molecule has 4 heteroatoms. The van der Waals surface area contributed by atoms with E-state index < -0.39 is 6.10 Å². The van der Waals surface area contributed by atoms with Gasteiger partial charge in [-0.15, -0.1) is 0 Å². The minimum absolute atomic E-state index is 0.118. The minimum atomic E-state index is -0.502. The summed E-state index contributed by atoms with van der Waals surface area (Å²) in [4.78, 5) is 11.3. The van der Waals surface area contributed by atoms with Gasteiger partial charge in [-0.3, -0.25) is 4.79 Å². The number of nitrogens with one attached hydrogen (secondary N) is 1. The molecule has 0 aromatic heterocycles. The molecule has 0 fully saturated rings. The van der Waals surface area contributed by atoms with Crippen molar-refractivity contribution in [1.29, 1.82) is 0 Å². The molecule has 1 aromatic rings. The number of benzene rings is 1. The van der Waals surface area contributed by atoms with Crippen LogP contribution in [0.4, 0.5) is 5.69 Å². The normalized spacial score (nSPS) is 12.1. The molecule has 4 nitrogen and oxygen atoms in total. The van der Waals surface area contributed by atoms with Crippen LogP contribution in [0.15, 0.2) is 24.3 Å². The van der Waals surface area contributed by atoms with Crippen molar-refractivity contribution in [3.8, 4) is 5.75 Å². The maximum Gasteiger partial charge on any atom is 0.253 e. The molecule has 2 N–H and O–H groups in total. The summed E-state index contributed by atoms with van der Waals surface area (Å²) in [6.07, 6.45) is -0.502. The molecule has 0 radical (unpaired) electrons. The van der Waals surface area contributed by atoms with Crippen LogP contribution in [0.5, 0.6) is 5.75 Å². The van der Waals surface area contributed by atoms with E-state index in [9.17, 15) is 4.79 Å². The van der Waals surface area contributed by atoms with E-state index in [-0.39, 0.29) is 11.7 Å². The number of rotatable bonds is 3. The second kappa shape index (κ2) is 4.62. The Morgan fingerprint density at radius 3 is 2.86 bits per heavy atom. The molecular formula is C10H13NO3. The average Bonchev–Trinajstić information content (AvgIpc) is 2.16. The first-order chi connectivity index (χ1) is 6.63. The molecule has 0 aliphatic heterocycles. The Hall–Kier alpha value is -1.55. The summed E-state index contributed by atoms with van der Waals surface area (Å²) in [5.74, 6) is -0.119. The number of hydrogen-bond acceptors (Lipinski definition) is 3. The summed E-state index contributed by atoms with van der Waals surface area (Å²) in [6, 6.07) is 6.36. The lowest BCUT2D eigenvalue weighted by Gasteiger charge is -2.10. The molecule has 1 aromatic carbocycles. The van der Waals surface area contributed by atoms with Crippen molar-refractivity contribution in [1.82, 2.24) is 0 Å². The van der Waals surface area contributed by atoms with E-state index in [1.807, 2.05) is 0 Å². The summed E-state index contributed by atoms with van der Waals surface area (Å²) < 4.78 is 4.84. The molecule has 0 bridgehead atoms. The Balaban J connectivity index is 2.65. The standard InChI is InChI=1S/C10H13NO3/c1-7(14-2)10(13)11-8-4-3-5-9(12)6-8/h3-7,12H,1-2H3,(H,11,13). The zero-order valence-corrected chi connectivity index (χ0v) is 8.15. The molecule has 0 spiro atoms. The minimum Gasteiger partial charge on any atom is -0.508 e. The van der Waals surface area contributed by atoms with Crippen molar-refractivity contribution in [2.45, 2.75) is 13.0 Å². The maximum absolute atomic E-state index is 11.3. The van der Waals surface area contributed by atoms with E-state index in [2.05, 4.69) is 5.32 Å². The highest BCUT2D eigenvalue weighted by molar-refractivity contribution is 5.94. The number of aromatic hydroxyl groups is 1. The molecule has 1 amide bonds. The third-order valence-corrected chi connectivity index (χ3v) is 1.84. The smallest absolute Gasteiger partial charge is 0.253 e. The lowest BCUT2D eigenvalue weighted by molar-refractivity contribution is -0.124. The Labute approximate surface area is 82.5 Å². The van der Waals surface area contributed by atoms with Crippen LogP contribution in [0.2, 0.25) is 0 Å². The monoisotopic (exact) mass is 195 g/mol. The molecule has 0 heterocycles. The van der Waals surface area contributed by atoms with E-state index in [0.29, 0.717) is 5.69 Å². The molecule has 1 unspecified atom stereocenters. The zero-order chi connectivity index (χ0) is 10.6. The van der Waals surface area contributed by atoms with Gasteiger partial charge in [0, 0.05) is 18.9 Å². The number of carbonyl (C=O) groups excluding carboxylic acids is 1. The van der Waals surface area contributed by atoms with Gasteiger partial charge in [-0.1, -0.05) is 6.07 Å². The fourth-order valence-corrected chi connectivity index (χ4v) is 0.935. The molecule has 14 heavy (non-hydrogen) atoms. The van der Waals surface area contributed by atoms with Crippen molar-refractivity contribution in [2.24, 2.45) is 0 Å². The van der Waals surface area contributed by atoms with Gasteiger partial charge in [-0.2, -0.15) is 0 Å². The highest BCUT2D eigenvalue weighted by Gasteiger charge is 2.11. The number of anilines is 1. The van der Waals surface area contributed by atoms with Crippen LogP contribution in [0.1, 0.15) is 6.92 Å². The van der Waals surface area contributed by atoms with E-state index in [1.165, 1.54) is 19.2 Å². The number of phenols is 1. The number of phenolic OH excluding ortho intramolecular Hbond substituents is 1. The predicted molar refractivity (Wildman–Crippen MR) is 53.2 cm³/mol. The van der Waals surface area contributed by atoms with Gasteiger partial charge in [-0.25, -0.2) is 0 Å². The summed E-state index contributed by atoms with van der Waals surface area (Å²) >= 11 is 0. The molecular weight excluding hydrogens is 182 g/mol. The van der Waals surface area contributed by atoms with Crippen LogP contribution in [-0.2, 0) is 9.53 Å². The molecule has 76 valence electrons. The summed E-state index contributed by atoms with van der Waals surface area (Å²) in [6.45, 7) is 1.65. The molecule has 0 aliphatic rings. The largest absolute Gasteiger partial charge is 0.508 e. The van der Waals surface area contributed by atoms with Gasteiger partial charge in [0.05, 0.1) is 0 Å². The van der Waals surface area contributed by atoms with Crippen molar-refractivity contribution >= 4 is 11.6 Å². The van der Waals surface area contributed by atoms with Crippen molar-refractivity contribution < 1.29 is 14.6 Å². The van der Waals surface area contributed by atoms with Gasteiger partial charge in [0.15, 0.2) is 0 Å². The Bertz CT molecular complexity index is 325. The summed E-state index contributed by atoms with van der Waals surface area (Å²) in [7, 11) is 1.46. The van der Waals surface area contributed by atoms with Crippen LogP contribution in [0, 0.1) is 0 Å². The van der Waals surface area contributed by atoms with Crippen molar-refractivity contribution in [3.63, 3.8) is 0 Å². The highest BCUT2D eigenvalue weighted by Crippen LogP contribution is 2.15. The van der Waals surface area contributed by atoms with Gasteiger partial charge in [-0.05, 0) is 19.1 Å². The summed E-state index contributed by atoms with van der Waals surface area (Å²) in [5.41, 5.74) is 0.555. The number of methoxy groups -OCH3 is 1. The van der Waals surface area contributed by atoms with Crippen molar-refractivity contribution in [2.75, 3.05) is 12.4 Å². The Morgan fingerprint density at radius 1 is 1.57 bits per heavy atom. The first-order valence-corrected chi connectivity index (χ1v) is 4.26. The average molecular weight is 195 g/mol. The van der Waals surface area contributed by atoms with Crippen molar-refractivity contribution in [3.05, 3.63) is 24.3 Å². The maximum atomic E-state index is 11.3. The number of ether oxygens (including phenoxy) is 1. The number of carbonyl (C=O) groups is 1. The van der Waals surface area contributed by atoms with Crippen LogP contribution in [0.25, 0.3) is 0 Å². The lowest BCUT2D eigenvalue weighted by Crippen LogP contribution is -2.26. The van der Waals surface area contributed by atoms with Crippen LogP contribution in [0.3, 0.4) is 0 Å². The second-order valence-corrected chi connectivity index (χ2v) is 2.92. The quantitative estimate of drug-likeness (QED) is 0.765. The van der Waals surface area contributed by atoms with E-state index in [0.717, 1.165) is 0 Å². The Morgan fingerprint density at radius 2 is 2.29 bits per heavy atom. The van der Waals surface area contributed by atoms with Gasteiger partial charge < -0.3 is 15.2 Å². The van der Waals surface area contributed by atoms with Gasteiger partial charge >= 0.3 is 0 Å². The highest BCUT2D eigenvalue weighted by atomic mass is 16.5. The fourth-order valence-electron chi connectivity index (χ4n) is 0.935. The molecule has 0 saturated heterocycles. The van der Waals surface area contributed by atoms with Crippen LogP contribution in [-0.4, -0.2) is 24.2 Å². The topological polar surface area (TPSA) is 58.6 Å². The third-order valence-electron chi connectivity index (χ3n) is 1.84. The summed E-state index contributed by atoms with van der Waals surface area (Å²) in [5, 5.41) is 11.7. The van der Waals surface area contributed by atoms with E-state index in [4.69, 9.17) is 9.84 Å². The van der Waals surface area contributed by atoms with Gasteiger partial charge in [0.1, 0.15) is 11.9 Å². The van der Waals surface area contributed by atoms with Crippen LogP contribution < -0.4 is 5.32 Å². The second-order valence-electron chi connectivity index (χ2n) is 2.92. The number of amides is 1. The lowest BCUT2D eigenvalue weighted by atomic mass is 10.3. The molecule has 0 saturated carbocycles. The molecule has 1 rings (SSSR count). The zero-order valence-electron chi connectivity index (χ0n) is 8.15. The predicted octanol–water partition coefficient (Wildman–Crippen LogP) is 1.37. The first kappa shape index (κ1) is 10.5. The molecule has 1 atom stereocenters. The van der Waals surface area contributed by atoms with E-state index >= 15 is 0 Å².